The highest BCUT2D eigenvalue weighted by Crippen LogP contribution is 2.37. The molecule has 1 aliphatic heterocycles. The van der Waals surface area contributed by atoms with Gasteiger partial charge in [-0.1, -0.05) is 6.08 Å². The molecule has 4 aromatic rings. The van der Waals surface area contributed by atoms with Gasteiger partial charge in [-0.25, -0.2) is 9.97 Å². The summed E-state index contributed by atoms with van der Waals surface area (Å²) in [5, 5.41) is 7.10. The lowest BCUT2D eigenvalue weighted by Gasteiger charge is -2.25. The van der Waals surface area contributed by atoms with Crippen LogP contribution in [0.15, 0.2) is 67.1 Å². The summed E-state index contributed by atoms with van der Waals surface area (Å²) in [5.41, 5.74) is 1.84. The predicted octanol–water partition coefficient (Wildman–Crippen LogP) is 3.40. The Kier molecular flexibility index (Phi) is 7.76. The maximum absolute atomic E-state index is 12.6. The first-order valence-corrected chi connectivity index (χ1v) is 12.2. The Balaban J connectivity index is 1.35. The van der Waals surface area contributed by atoms with Crippen molar-refractivity contribution in [3.8, 4) is 17.3 Å². The van der Waals surface area contributed by atoms with Crippen molar-refractivity contribution >= 4 is 34.3 Å². The molecule has 11 nitrogen and oxygen atoms in total. The molecule has 4 heterocycles. The van der Waals surface area contributed by atoms with Crippen molar-refractivity contribution in [1.29, 1.82) is 0 Å². The molecule has 0 aliphatic carbocycles. The van der Waals surface area contributed by atoms with Gasteiger partial charge in [0.2, 0.25) is 11.9 Å². The second-order valence-corrected chi connectivity index (χ2v) is 8.52. The van der Waals surface area contributed by atoms with Gasteiger partial charge in [0, 0.05) is 55.8 Å². The molecule has 1 amide bonds. The summed E-state index contributed by atoms with van der Waals surface area (Å²) >= 11 is 0. The molecule has 1 fully saturated rings. The molecular formula is C27H29N7O4. The summed E-state index contributed by atoms with van der Waals surface area (Å²) in [4.78, 5) is 28.4. The van der Waals surface area contributed by atoms with E-state index in [0.29, 0.717) is 54.4 Å². The van der Waals surface area contributed by atoms with E-state index in [4.69, 9.17) is 14.2 Å². The van der Waals surface area contributed by atoms with Crippen molar-refractivity contribution in [2.24, 2.45) is 0 Å². The van der Waals surface area contributed by atoms with Gasteiger partial charge in [0.15, 0.2) is 0 Å². The van der Waals surface area contributed by atoms with Gasteiger partial charge in [0.1, 0.15) is 23.0 Å². The Morgan fingerprint density at radius 1 is 1.05 bits per heavy atom. The lowest BCUT2D eigenvalue weighted by atomic mass is 10.2. The summed E-state index contributed by atoms with van der Waals surface area (Å²) in [7, 11) is 3.09. The molecule has 11 heteroatoms. The fraction of sp³-hybridized carbons (Fsp3) is 0.259. The summed E-state index contributed by atoms with van der Waals surface area (Å²) in [6.45, 7) is 3.82. The number of hydrogen-bond donors (Lipinski definition) is 2. The number of anilines is 3. The Morgan fingerprint density at radius 2 is 1.87 bits per heavy atom. The summed E-state index contributed by atoms with van der Waals surface area (Å²) in [6, 6.07) is 11.1. The van der Waals surface area contributed by atoms with E-state index in [0.717, 1.165) is 24.1 Å². The molecule has 0 radical (unpaired) electrons. The van der Waals surface area contributed by atoms with E-state index in [1.807, 2.05) is 35.0 Å². The quantitative estimate of drug-likeness (QED) is 0.324. The molecule has 5 rings (SSSR count). The van der Waals surface area contributed by atoms with Crippen LogP contribution in [0.3, 0.4) is 0 Å². The first-order chi connectivity index (χ1) is 18.6. The van der Waals surface area contributed by atoms with E-state index in [1.165, 1.54) is 13.2 Å². The molecule has 0 bridgehead atoms. The minimum atomic E-state index is -0.266. The van der Waals surface area contributed by atoms with E-state index in [9.17, 15) is 4.79 Å². The first-order valence-electron chi connectivity index (χ1n) is 12.2. The van der Waals surface area contributed by atoms with Crippen LogP contribution in [-0.2, 0) is 9.53 Å². The topological polar surface area (TPSA) is 116 Å². The van der Waals surface area contributed by atoms with Crippen molar-refractivity contribution in [1.82, 2.24) is 24.4 Å². The largest absolute Gasteiger partial charge is 0.494 e. The van der Waals surface area contributed by atoms with Crippen molar-refractivity contribution in [3.63, 3.8) is 0 Å². The number of morpholine rings is 1. The van der Waals surface area contributed by atoms with Gasteiger partial charge in [-0.3, -0.25) is 14.3 Å². The lowest BCUT2D eigenvalue weighted by Crippen LogP contribution is -2.36. The molecule has 196 valence electrons. The number of amides is 1. The van der Waals surface area contributed by atoms with Crippen LogP contribution in [0, 0.1) is 0 Å². The van der Waals surface area contributed by atoms with Crippen LogP contribution in [-0.4, -0.2) is 77.4 Å². The van der Waals surface area contributed by atoms with E-state index in [1.54, 1.807) is 37.7 Å². The zero-order valence-corrected chi connectivity index (χ0v) is 21.3. The SMILES string of the molecule is COc1cc(OC)c(Nc2nccc(-n3ccc4cccnc43)n2)cc1NC(=O)/C=C/CN1CCOCC1. The second kappa shape index (κ2) is 11.7. The van der Waals surface area contributed by atoms with Crippen molar-refractivity contribution < 1.29 is 19.0 Å². The number of carbonyl (C=O) groups excluding carboxylic acids is 1. The number of aromatic nitrogens is 4. The Bertz CT molecular complexity index is 1450. The van der Waals surface area contributed by atoms with E-state index >= 15 is 0 Å². The van der Waals surface area contributed by atoms with Crippen LogP contribution < -0.4 is 20.1 Å². The standard InChI is InChI=1S/C27H29N7O4/c1-36-22-18-23(37-2)21(17-20(22)30-25(35)6-4-11-33-13-15-38-16-14-33)31-27-29-10-7-24(32-27)34-12-8-19-5-3-9-28-26(19)34/h3-10,12,17-18H,11,13-16H2,1-2H3,(H,30,35)(H,29,31,32)/b6-4+. The van der Waals surface area contributed by atoms with Gasteiger partial charge in [-0.05, 0) is 30.3 Å². The van der Waals surface area contributed by atoms with Gasteiger partial charge in [0.05, 0.1) is 38.8 Å². The van der Waals surface area contributed by atoms with E-state index in [2.05, 4.69) is 30.5 Å². The number of ether oxygens (including phenoxy) is 3. The Labute approximate surface area is 220 Å². The highest BCUT2D eigenvalue weighted by Gasteiger charge is 2.15. The Hall–Kier alpha value is -4.48. The van der Waals surface area contributed by atoms with Crippen LogP contribution in [0.5, 0.6) is 11.5 Å². The smallest absolute Gasteiger partial charge is 0.248 e. The molecule has 2 N–H and O–H groups in total. The summed E-state index contributed by atoms with van der Waals surface area (Å²) in [6.07, 6.45) is 8.69. The fourth-order valence-corrected chi connectivity index (χ4v) is 4.18. The van der Waals surface area contributed by atoms with Crippen molar-refractivity contribution in [2.75, 3.05) is 57.7 Å². The molecule has 38 heavy (non-hydrogen) atoms. The minimum Gasteiger partial charge on any atom is -0.494 e. The second-order valence-electron chi connectivity index (χ2n) is 8.52. The molecule has 1 aromatic carbocycles. The zero-order chi connectivity index (χ0) is 26.3. The number of hydrogen-bond acceptors (Lipinski definition) is 9. The average molecular weight is 516 g/mol. The number of carbonyl (C=O) groups is 1. The summed E-state index contributed by atoms with van der Waals surface area (Å²) < 4.78 is 18.3. The maximum Gasteiger partial charge on any atom is 0.248 e. The van der Waals surface area contributed by atoms with Gasteiger partial charge >= 0.3 is 0 Å². The average Bonchev–Trinajstić information content (AvgIpc) is 3.38. The molecule has 0 spiro atoms. The number of methoxy groups -OCH3 is 2. The monoisotopic (exact) mass is 515 g/mol. The number of pyridine rings is 1. The van der Waals surface area contributed by atoms with Crippen LogP contribution >= 0.6 is 0 Å². The fourth-order valence-electron chi connectivity index (χ4n) is 4.18. The number of rotatable bonds is 9. The third-order valence-electron chi connectivity index (χ3n) is 6.10. The number of nitrogens with one attached hydrogen (secondary N) is 2. The number of benzene rings is 1. The molecule has 0 atom stereocenters. The first kappa shape index (κ1) is 25.2. The molecule has 0 unspecified atom stereocenters. The van der Waals surface area contributed by atoms with Gasteiger partial charge in [-0.15, -0.1) is 0 Å². The molecule has 3 aromatic heterocycles. The summed E-state index contributed by atoms with van der Waals surface area (Å²) in [5.74, 6) is 1.71. The van der Waals surface area contributed by atoms with Crippen LogP contribution in [0.4, 0.5) is 17.3 Å². The maximum atomic E-state index is 12.6. The zero-order valence-electron chi connectivity index (χ0n) is 21.3. The Morgan fingerprint density at radius 3 is 2.68 bits per heavy atom. The minimum absolute atomic E-state index is 0.266. The third-order valence-corrected chi connectivity index (χ3v) is 6.10. The van der Waals surface area contributed by atoms with Gasteiger partial charge in [0.25, 0.3) is 0 Å². The van der Waals surface area contributed by atoms with Crippen molar-refractivity contribution in [2.45, 2.75) is 0 Å². The van der Waals surface area contributed by atoms with Gasteiger partial charge < -0.3 is 24.8 Å². The van der Waals surface area contributed by atoms with E-state index < -0.39 is 0 Å². The molecular weight excluding hydrogens is 486 g/mol. The van der Waals surface area contributed by atoms with Gasteiger partial charge in [-0.2, -0.15) is 4.98 Å². The number of fused-ring (bicyclic) bond motifs is 1. The predicted molar refractivity (Wildman–Crippen MR) is 145 cm³/mol. The van der Waals surface area contributed by atoms with Crippen LogP contribution in [0.2, 0.25) is 0 Å². The molecule has 1 saturated heterocycles. The van der Waals surface area contributed by atoms with Crippen LogP contribution in [0.1, 0.15) is 0 Å². The lowest BCUT2D eigenvalue weighted by molar-refractivity contribution is -0.111. The van der Waals surface area contributed by atoms with E-state index in [-0.39, 0.29) is 5.91 Å². The number of nitrogens with zero attached hydrogens (tertiary/aromatic N) is 5. The molecule has 0 saturated carbocycles. The highest BCUT2D eigenvalue weighted by atomic mass is 16.5. The van der Waals surface area contributed by atoms with Crippen molar-refractivity contribution in [3.05, 3.63) is 67.1 Å². The normalized spacial score (nSPS) is 14.1. The third kappa shape index (κ3) is 5.74. The van der Waals surface area contributed by atoms with Crippen LogP contribution in [0.25, 0.3) is 16.9 Å². The highest BCUT2D eigenvalue weighted by molar-refractivity contribution is 6.01. The molecule has 1 aliphatic rings.